The van der Waals surface area contributed by atoms with Crippen molar-refractivity contribution in [1.82, 2.24) is 5.32 Å². The van der Waals surface area contributed by atoms with Gasteiger partial charge in [-0.15, -0.1) is 0 Å². The molecular formula is C20H31NO3. The van der Waals surface area contributed by atoms with E-state index in [0.717, 1.165) is 12.0 Å². The topological polar surface area (TPSA) is 55.4 Å². The third-order valence-corrected chi connectivity index (χ3v) is 4.22. The zero-order valence-corrected chi connectivity index (χ0v) is 15.3. The van der Waals surface area contributed by atoms with Gasteiger partial charge >= 0.3 is 5.97 Å². The van der Waals surface area contributed by atoms with E-state index in [1.54, 1.807) is 12.1 Å². The molecule has 1 N–H and O–H groups in total. The number of esters is 1. The summed E-state index contributed by atoms with van der Waals surface area (Å²) < 4.78 is 5.20. The van der Waals surface area contributed by atoms with Gasteiger partial charge in [-0.2, -0.15) is 0 Å². The van der Waals surface area contributed by atoms with Crippen molar-refractivity contribution in [3.63, 3.8) is 0 Å². The smallest absolute Gasteiger partial charge is 0.325 e. The van der Waals surface area contributed by atoms with Gasteiger partial charge in [-0.1, -0.05) is 63.6 Å². The van der Waals surface area contributed by atoms with E-state index in [0.29, 0.717) is 18.1 Å². The fourth-order valence-electron chi connectivity index (χ4n) is 2.83. The molecule has 0 unspecified atom stereocenters. The van der Waals surface area contributed by atoms with Crippen LogP contribution < -0.4 is 5.32 Å². The summed E-state index contributed by atoms with van der Waals surface area (Å²) in [7, 11) is 0. The van der Waals surface area contributed by atoms with Crippen LogP contribution in [0.4, 0.5) is 0 Å². The number of carbonyl (C=O) groups excluding carboxylic acids is 2. The van der Waals surface area contributed by atoms with E-state index < -0.39 is 0 Å². The number of carbonyl (C=O) groups is 2. The van der Waals surface area contributed by atoms with Crippen LogP contribution in [0.5, 0.6) is 0 Å². The molecule has 1 aliphatic rings. The zero-order chi connectivity index (χ0) is 17.8. The van der Waals surface area contributed by atoms with Crippen molar-refractivity contribution < 1.29 is 14.3 Å². The summed E-state index contributed by atoms with van der Waals surface area (Å²) in [6, 6.07) is 7.24. The van der Waals surface area contributed by atoms with Crippen molar-refractivity contribution in [3.8, 4) is 0 Å². The molecule has 1 aliphatic carbocycles. The summed E-state index contributed by atoms with van der Waals surface area (Å²) in [5.41, 5.74) is 1.65. The molecule has 4 nitrogen and oxygen atoms in total. The van der Waals surface area contributed by atoms with Crippen molar-refractivity contribution in [2.45, 2.75) is 59.3 Å². The van der Waals surface area contributed by atoms with Gasteiger partial charge in [0.25, 0.3) is 5.91 Å². The highest BCUT2D eigenvalue weighted by Gasteiger charge is 2.14. The van der Waals surface area contributed by atoms with Crippen LogP contribution in [-0.2, 0) is 9.53 Å². The van der Waals surface area contributed by atoms with Gasteiger partial charge in [-0.05, 0) is 31.4 Å². The maximum absolute atomic E-state index is 11.9. The molecule has 1 aromatic carbocycles. The van der Waals surface area contributed by atoms with Crippen LogP contribution in [0.3, 0.4) is 0 Å². The lowest BCUT2D eigenvalue weighted by molar-refractivity contribution is -0.142. The van der Waals surface area contributed by atoms with Crippen LogP contribution in [0, 0.1) is 12.8 Å². The summed E-state index contributed by atoms with van der Waals surface area (Å²) in [4.78, 5) is 23.5. The summed E-state index contributed by atoms with van der Waals surface area (Å²) in [6.45, 7) is 6.35. The highest BCUT2D eigenvalue weighted by atomic mass is 16.5. The molecule has 0 heterocycles. The molecule has 2 rings (SSSR count). The molecule has 0 radical (unpaired) electrons. The van der Waals surface area contributed by atoms with Gasteiger partial charge in [0.15, 0.2) is 0 Å². The monoisotopic (exact) mass is 333 g/mol. The average Bonchev–Trinajstić information content (AvgIpc) is 2.63. The van der Waals surface area contributed by atoms with E-state index >= 15 is 0 Å². The third-order valence-electron chi connectivity index (χ3n) is 4.22. The fraction of sp³-hybridized carbons (Fsp3) is 0.600. The molecule has 0 spiro atoms. The molecule has 0 atom stereocenters. The lowest BCUT2D eigenvalue weighted by atomic mass is 9.87. The Morgan fingerprint density at radius 1 is 1.08 bits per heavy atom. The summed E-state index contributed by atoms with van der Waals surface area (Å²) in [5.74, 6) is 0.0872. The Morgan fingerprint density at radius 2 is 1.71 bits per heavy atom. The molecule has 0 saturated heterocycles. The lowest BCUT2D eigenvalue weighted by Gasteiger charge is -2.21. The summed E-state index contributed by atoms with van der Waals surface area (Å²) >= 11 is 0. The van der Waals surface area contributed by atoms with E-state index in [9.17, 15) is 9.59 Å². The first kappa shape index (κ1) is 20.2. The number of rotatable bonds is 6. The van der Waals surface area contributed by atoms with Crippen molar-refractivity contribution in [2.24, 2.45) is 5.92 Å². The standard InChI is InChI=1S/C18H25NO3.C2H6/c1-14-7-9-16(10-8-14)18(21)19-13-17(20)22-12-11-15-5-3-2-4-6-15;1-2/h7-10,15H,2-6,11-13H2,1H3,(H,19,21);1-2H3. The lowest BCUT2D eigenvalue weighted by Crippen LogP contribution is -2.31. The molecule has 1 amide bonds. The number of benzene rings is 1. The molecule has 134 valence electrons. The Bertz CT molecular complexity index is 490. The number of aryl methyl sites for hydroxylation is 1. The second kappa shape index (κ2) is 11.7. The molecule has 4 heteroatoms. The average molecular weight is 333 g/mol. The second-order valence-electron chi connectivity index (χ2n) is 6.06. The van der Waals surface area contributed by atoms with Crippen molar-refractivity contribution >= 4 is 11.9 Å². The fourth-order valence-corrected chi connectivity index (χ4v) is 2.83. The normalized spacial score (nSPS) is 14.3. The molecule has 0 bridgehead atoms. The first-order valence-corrected chi connectivity index (χ1v) is 9.15. The number of ether oxygens (including phenoxy) is 1. The predicted octanol–water partition coefficient (Wildman–Crippen LogP) is 4.26. The zero-order valence-electron chi connectivity index (χ0n) is 15.3. The van der Waals surface area contributed by atoms with Gasteiger partial charge in [0.05, 0.1) is 6.61 Å². The van der Waals surface area contributed by atoms with E-state index in [-0.39, 0.29) is 18.4 Å². The molecule has 24 heavy (non-hydrogen) atoms. The first-order chi connectivity index (χ1) is 11.6. The molecule has 1 fully saturated rings. The van der Waals surface area contributed by atoms with Gasteiger partial charge in [-0.25, -0.2) is 0 Å². The van der Waals surface area contributed by atoms with Crippen molar-refractivity contribution in [1.29, 1.82) is 0 Å². The van der Waals surface area contributed by atoms with E-state index in [1.807, 2.05) is 32.9 Å². The van der Waals surface area contributed by atoms with Crippen LogP contribution in [0.1, 0.15) is 68.3 Å². The minimum absolute atomic E-state index is 0.0720. The van der Waals surface area contributed by atoms with E-state index in [4.69, 9.17) is 4.74 Å². The largest absolute Gasteiger partial charge is 0.464 e. The minimum Gasteiger partial charge on any atom is -0.464 e. The first-order valence-electron chi connectivity index (χ1n) is 9.15. The Hall–Kier alpha value is -1.84. The Balaban J connectivity index is 0.00000139. The molecular weight excluding hydrogens is 302 g/mol. The number of amides is 1. The Morgan fingerprint density at radius 3 is 2.33 bits per heavy atom. The summed E-state index contributed by atoms with van der Waals surface area (Å²) in [6.07, 6.45) is 7.37. The number of hydrogen-bond acceptors (Lipinski definition) is 3. The second-order valence-corrected chi connectivity index (χ2v) is 6.06. The maximum Gasteiger partial charge on any atom is 0.325 e. The number of hydrogen-bond donors (Lipinski definition) is 1. The van der Waals surface area contributed by atoms with E-state index in [1.165, 1.54) is 32.1 Å². The third kappa shape index (κ3) is 7.62. The molecule has 1 saturated carbocycles. The van der Waals surface area contributed by atoms with Crippen LogP contribution in [0.15, 0.2) is 24.3 Å². The number of nitrogens with one attached hydrogen (secondary N) is 1. The van der Waals surface area contributed by atoms with Crippen molar-refractivity contribution in [2.75, 3.05) is 13.2 Å². The SMILES string of the molecule is CC.Cc1ccc(C(=O)NCC(=O)OCCC2CCCCC2)cc1. The Kier molecular flexibility index (Phi) is 9.81. The van der Waals surface area contributed by atoms with Gasteiger partial charge in [0.2, 0.25) is 0 Å². The maximum atomic E-state index is 11.9. The van der Waals surface area contributed by atoms with Gasteiger partial charge < -0.3 is 10.1 Å². The molecule has 0 aromatic heterocycles. The van der Waals surface area contributed by atoms with E-state index in [2.05, 4.69) is 5.32 Å². The van der Waals surface area contributed by atoms with Gasteiger partial charge in [-0.3, -0.25) is 9.59 Å². The molecule has 1 aromatic rings. The minimum atomic E-state index is -0.365. The Labute approximate surface area is 146 Å². The van der Waals surface area contributed by atoms with Crippen LogP contribution in [0.2, 0.25) is 0 Å². The van der Waals surface area contributed by atoms with Crippen LogP contribution in [0.25, 0.3) is 0 Å². The summed E-state index contributed by atoms with van der Waals surface area (Å²) in [5, 5.41) is 2.59. The highest BCUT2D eigenvalue weighted by Crippen LogP contribution is 2.26. The van der Waals surface area contributed by atoms with Crippen molar-refractivity contribution in [3.05, 3.63) is 35.4 Å². The van der Waals surface area contributed by atoms with Crippen LogP contribution in [-0.4, -0.2) is 25.0 Å². The van der Waals surface area contributed by atoms with Gasteiger partial charge in [0, 0.05) is 5.56 Å². The van der Waals surface area contributed by atoms with Crippen LogP contribution >= 0.6 is 0 Å². The predicted molar refractivity (Wildman–Crippen MR) is 97.0 cm³/mol. The van der Waals surface area contributed by atoms with Gasteiger partial charge in [0.1, 0.15) is 6.54 Å². The quantitative estimate of drug-likeness (QED) is 0.791. The highest BCUT2D eigenvalue weighted by molar-refractivity contribution is 5.95. The molecule has 0 aliphatic heterocycles.